The highest BCUT2D eigenvalue weighted by Crippen LogP contribution is 2.42. The molecule has 2 rings (SSSR count). The van der Waals surface area contributed by atoms with Crippen molar-refractivity contribution >= 4 is 11.3 Å². The number of hydrogen-bond donors (Lipinski definition) is 1. The minimum Gasteiger partial charge on any atom is -0.330 e. The van der Waals surface area contributed by atoms with Gasteiger partial charge in [-0.2, -0.15) is 0 Å². The number of nitrogens with zero attached hydrogens (tertiary/aromatic N) is 1. The van der Waals surface area contributed by atoms with Crippen molar-refractivity contribution in [1.82, 2.24) is 4.98 Å². The van der Waals surface area contributed by atoms with Crippen LogP contribution in [0.15, 0.2) is 5.38 Å². The summed E-state index contributed by atoms with van der Waals surface area (Å²) in [6.07, 6.45) is 10.6. The summed E-state index contributed by atoms with van der Waals surface area (Å²) in [5.74, 6) is 0.956. The molecule has 0 unspecified atom stereocenters. The lowest BCUT2D eigenvalue weighted by Gasteiger charge is -2.39. The molecule has 0 bridgehead atoms. The Labute approximate surface area is 121 Å². The van der Waals surface area contributed by atoms with Gasteiger partial charge in [0, 0.05) is 17.5 Å². The van der Waals surface area contributed by atoms with E-state index in [4.69, 9.17) is 5.73 Å². The van der Waals surface area contributed by atoms with Crippen molar-refractivity contribution < 1.29 is 0 Å². The highest BCUT2D eigenvalue weighted by atomic mass is 32.1. The molecule has 1 fully saturated rings. The number of rotatable bonds is 6. The molecule has 0 amide bonds. The van der Waals surface area contributed by atoms with E-state index < -0.39 is 0 Å². The third-order valence-electron chi connectivity index (χ3n) is 4.76. The molecule has 108 valence electrons. The summed E-state index contributed by atoms with van der Waals surface area (Å²) in [5, 5.41) is 3.45. The van der Waals surface area contributed by atoms with Gasteiger partial charge >= 0.3 is 0 Å². The van der Waals surface area contributed by atoms with Gasteiger partial charge in [0.25, 0.3) is 0 Å². The van der Waals surface area contributed by atoms with Crippen LogP contribution in [0.5, 0.6) is 0 Å². The van der Waals surface area contributed by atoms with Crippen LogP contribution in [-0.2, 0) is 6.42 Å². The number of aromatic nitrogens is 1. The van der Waals surface area contributed by atoms with Crippen LogP contribution in [-0.4, -0.2) is 11.5 Å². The van der Waals surface area contributed by atoms with Gasteiger partial charge in [0.2, 0.25) is 0 Å². The highest BCUT2D eigenvalue weighted by molar-refractivity contribution is 7.09. The third kappa shape index (κ3) is 4.03. The summed E-state index contributed by atoms with van der Waals surface area (Å²) >= 11 is 1.81. The Bertz CT molecular complexity index is 378. The molecule has 1 aromatic rings. The Morgan fingerprint density at radius 1 is 1.42 bits per heavy atom. The lowest BCUT2D eigenvalue weighted by molar-refractivity contribution is 0.150. The van der Waals surface area contributed by atoms with Crippen LogP contribution in [0.1, 0.15) is 62.6 Å². The monoisotopic (exact) mass is 280 g/mol. The van der Waals surface area contributed by atoms with Gasteiger partial charge in [-0.3, -0.25) is 0 Å². The molecule has 0 atom stereocenters. The minimum atomic E-state index is 0.340. The van der Waals surface area contributed by atoms with E-state index >= 15 is 0 Å². The van der Waals surface area contributed by atoms with E-state index in [9.17, 15) is 0 Å². The van der Waals surface area contributed by atoms with E-state index in [-0.39, 0.29) is 0 Å². The highest BCUT2D eigenvalue weighted by Gasteiger charge is 2.34. The number of thiazole rings is 1. The SMILES string of the molecule is CCCCC1CCC(CN)(Cc2nc(C)cs2)CC1. The summed E-state index contributed by atoms with van der Waals surface area (Å²) in [7, 11) is 0. The molecule has 1 aliphatic rings. The van der Waals surface area contributed by atoms with Crippen molar-refractivity contribution in [2.24, 2.45) is 17.1 Å². The third-order valence-corrected chi connectivity index (χ3v) is 5.72. The maximum atomic E-state index is 6.12. The predicted octanol–water partition coefficient (Wildman–Crippen LogP) is 4.32. The lowest BCUT2D eigenvalue weighted by Crippen LogP contribution is -2.36. The van der Waals surface area contributed by atoms with Crippen LogP contribution in [0, 0.1) is 18.3 Å². The quantitative estimate of drug-likeness (QED) is 0.843. The van der Waals surface area contributed by atoms with Gasteiger partial charge < -0.3 is 5.73 Å². The average molecular weight is 280 g/mol. The van der Waals surface area contributed by atoms with Gasteiger partial charge in [0.15, 0.2) is 0 Å². The second kappa shape index (κ2) is 6.85. The number of hydrogen-bond acceptors (Lipinski definition) is 3. The van der Waals surface area contributed by atoms with Gasteiger partial charge in [-0.05, 0) is 50.5 Å². The number of nitrogens with two attached hydrogens (primary N) is 1. The average Bonchev–Trinajstić information content (AvgIpc) is 2.83. The van der Waals surface area contributed by atoms with Crippen molar-refractivity contribution in [3.05, 3.63) is 16.1 Å². The molecule has 1 aromatic heterocycles. The van der Waals surface area contributed by atoms with Crippen molar-refractivity contribution in [3.63, 3.8) is 0 Å². The fraction of sp³-hybridized carbons (Fsp3) is 0.812. The van der Waals surface area contributed by atoms with E-state index in [0.717, 1.165) is 24.6 Å². The Balaban J connectivity index is 1.90. The molecule has 0 aromatic carbocycles. The van der Waals surface area contributed by atoms with Gasteiger partial charge in [-0.1, -0.05) is 26.2 Å². The normalized spacial score (nSPS) is 27.6. The van der Waals surface area contributed by atoms with Crippen LogP contribution in [0.2, 0.25) is 0 Å². The van der Waals surface area contributed by atoms with Crippen LogP contribution < -0.4 is 5.73 Å². The summed E-state index contributed by atoms with van der Waals surface area (Å²) in [5.41, 5.74) is 7.61. The summed E-state index contributed by atoms with van der Waals surface area (Å²) in [6, 6.07) is 0. The number of aryl methyl sites for hydroxylation is 1. The van der Waals surface area contributed by atoms with Crippen LogP contribution >= 0.6 is 11.3 Å². The largest absolute Gasteiger partial charge is 0.330 e. The second-order valence-electron chi connectivity index (χ2n) is 6.35. The van der Waals surface area contributed by atoms with Crippen LogP contribution in [0.4, 0.5) is 0 Å². The minimum absolute atomic E-state index is 0.340. The standard InChI is InChI=1S/C16H28N2S/c1-3-4-5-14-6-8-16(12-17,9-7-14)10-15-18-13(2)11-19-15/h11,14H,3-10,12,17H2,1-2H3. The van der Waals surface area contributed by atoms with Gasteiger partial charge in [-0.25, -0.2) is 4.98 Å². The van der Waals surface area contributed by atoms with Crippen molar-refractivity contribution in [2.75, 3.05) is 6.54 Å². The zero-order valence-corrected chi connectivity index (χ0v) is 13.3. The molecular weight excluding hydrogens is 252 g/mol. The maximum Gasteiger partial charge on any atom is 0.0934 e. The van der Waals surface area contributed by atoms with Gasteiger partial charge in [0.05, 0.1) is 5.01 Å². The second-order valence-corrected chi connectivity index (χ2v) is 7.29. The Morgan fingerprint density at radius 3 is 2.68 bits per heavy atom. The molecule has 1 heterocycles. The fourth-order valence-corrected chi connectivity index (χ4v) is 4.27. The van der Waals surface area contributed by atoms with Crippen molar-refractivity contribution in [1.29, 1.82) is 0 Å². The van der Waals surface area contributed by atoms with E-state index in [1.165, 1.54) is 50.0 Å². The first kappa shape index (κ1) is 15.0. The van der Waals surface area contributed by atoms with Crippen molar-refractivity contribution in [2.45, 2.75) is 65.2 Å². The molecule has 1 saturated carbocycles. The molecule has 0 spiro atoms. The van der Waals surface area contributed by atoms with E-state index in [0.29, 0.717) is 5.41 Å². The van der Waals surface area contributed by atoms with Crippen LogP contribution in [0.3, 0.4) is 0 Å². The Morgan fingerprint density at radius 2 is 2.16 bits per heavy atom. The van der Waals surface area contributed by atoms with E-state index in [1.54, 1.807) is 11.3 Å². The topological polar surface area (TPSA) is 38.9 Å². The first-order chi connectivity index (χ1) is 9.17. The Kier molecular flexibility index (Phi) is 5.40. The maximum absolute atomic E-state index is 6.12. The number of unbranched alkanes of at least 4 members (excludes halogenated alkanes) is 1. The first-order valence-corrected chi connectivity index (χ1v) is 8.66. The zero-order valence-electron chi connectivity index (χ0n) is 12.5. The van der Waals surface area contributed by atoms with Crippen molar-refractivity contribution in [3.8, 4) is 0 Å². The predicted molar refractivity (Wildman–Crippen MR) is 83.5 cm³/mol. The zero-order chi connectivity index (χ0) is 13.7. The first-order valence-electron chi connectivity index (χ1n) is 7.78. The van der Waals surface area contributed by atoms with E-state index in [1.807, 2.05) is 0 Å². The van der Waals surface area contributed by atoms with Gasteiger partial charge in [0.1, 0.15) is 0 Å². The van der Waals surface area contributed by atoms with E-state index in [2.05, 4.69) is 24.2 Å². The summed E-state index contributed by atoms with van der Waals surface area (Å²) in [6.45, 7) is 5.20. The molecular formula is C16H28N2S. The molecule has 3 heteroatoms. The van der Waals surface area contributed by atoms with Crippen LogP contribution in [0.25, 0.3) is 0 Å². The molecule has 0 saturated heterocycles. The molecule has 2 N–H and O–H groups in total. The Hall–Kier alpha value is -0.410. The molecule has 1 aliphatic carbocycles. The lowest BCUT2D eigenvalue weighted by atomic mass is 9.68. The molecule has 0 aliphatic heterocycles. The summed E-state index contributed by atoms with van der Waals surface area (Å²) < 4.78 is 0. The fourth-order valence-electron chi connectivity index (χ4n) is 3.33. The molecule has 0 radical (unpaired) electrons. The summed E-state index contributed by atoms with van der Waals surface area (Å²) in [4.78, 5) is 4.63. The molecule has 2 nitrogen and oxygen atoms in total. The van der Waals surface area contributed by atoms with Gasteiger partial charge in [-0.15, -0.1) is 11.3 Å². The molecule has 19 heavy (non-hydrogen) atoms. The smallest absolute Gasteiger partial charge is 0.0934 e.